The Hall–Kier alpha value is -1.56. The van der Waals surface area contributed by atoms with Gasteiger partial charge in [0.2, 0.25) is 11.8 Å². The highest BCUT2D eigenvalue weighted by Crippen LogP contribution is 2.23. The van der Waals surface area contributed by atoms with Crippen molar-refractivity contribution in [2.75, 3.05) is 31.9 Å². The maximum absolute atomic E-state index is 12.9. The minimum absolute atomic E-state index is 0.0886. The number of carbonyl (C=O) groups excluding carboxylic acids is 2. The smallest absolute Gasteiger partial charge is 0.225 e. The summed E-state index contributed by atoms with van der Waals surface area (Å²) in [6.45, 7) is 3.17. The topological polar surface area (TPSA) is 40.6 Å². The van der Waals surface area contributed by atoms with E-state index in [1.807, 2.05) is 9.80 Å². The molecule has 0 spiro atoms. The van der Waals surface area contributed by atoms with Crippen molar-refractivity contribution in [2.24, 2.45) is 5.92 Å². The normalized spacial score (nSPS) is 18.8. The lowest BCUT2D eigenvalue weighted by Crippen LogP contribution is -2.45. The molecule has 0 bridgehead atoms. The Morgan fingerprint density at radius 2 is 1.62 bits per heavy atom. The van der Waals surface area contributed by atoms with Gasteiger partial charge in [0, 0.05) is 49.2 Å². The zero-order valence-electron chi connectivity index (χ0n) is 15.2. The highest BCUT2D eigenvalue weighted by Gasteiger charge is 2.30. The van der Waals surface area contributed by atoms with Gasteiger partial charge in [-0.25, -0.2) is 4.39 Å². The standard InChI is InChI=1S/C20H27FN2O2S/c21-17-4-6-18(7-5-17)26-15-10-19(24)22-13-8-16(9-14-22)20(25)23-11-2-1-3-12-23/h4-7,16H,1-3,8-15H2. The second-order valence-corrected chi connectivity index (χ2v) is 8.26. The number of hydrogen-bond donors (Lipinski definition) is 0. The first-order valence-electron chi connectivity index (χ1n) is 9.58. The molecule has 2 aliphatic rings. The number of likely N-dealkylation sites (tertiary alicyclic amines) is 2. The number of carbonyl (C=O) groups is 2. The molecular weight excluding hydrogens is 351 g/mol. The van der Waals surface area contributed by atoms with Crippen LogP contribution in [0.25, 0.3) is 0 Å². The van der Waals surface area contributed by atoms with Gasteiger partial charge in [0.25, 0.3) is 0 Å². The van der Waals surface area contributed by atoms with E-state index in [1.165, 1.54) is 18.6 Å². The fraction of sp³-hybridized carbons (Fsp3) is 0.600. The fourth-order valence-electron chi connectivity index (χ4n) is 3.69. The first kappa shape index (κ1) is 19.2. The third-order valence-corrected chi connectivity index (χ3v) is 6.28. The highest BCUT2D eigenvalue weighted by atomic mass is 32.2. The maximum atomic E-state index is 12.9. The number of amides is 2. The largest absolute Gasteiger partial charge is 0.343 e. The van der Waals surface area contributed by atoms with Crippen LogP contribution >= 0.6 is 11.8 Å². The van der Waals surface area contributed by atoms with Crippen molar-refractivity contribution in [1.29, 1.82) is 0 Å². The average Bonchev–Trinajstić information content (AvgIpc) is 2.69. The second-order valence-electron chi connectivity index (χ2n) is 7.09. The van der Waals surface area contributed by atoms with Crippen molar-refractivity contribution >= 4 is 23.6 Å². The summed E-state index contributed by atoms with van der Waals surface area (Å²) in [6.07, 6.45) is 5.52. The van der Waals surface area contributed by atoms with E-state index in [0.717, 1.165) is 43.7 Å². The molecule has 3 rings (SSSR count). The van der Waals surface area contributed by atoms with Crippen LogP contribution in [-0.2, 0) is 9.59 Å². The molecule has 2 saturated heterocycles. The predicted octanol–water partition coefficient (Wildman–Crippen LogP) is 3.56. The number of nitrogens with zero attached hydrogens (tertiary/aromatic N) is 2. The molecule has 2 aliphatic heterocycles. The van der Waals surface area contributed by atoms with Crippen LogP contribution in [0, 0.1) is 11.7 Å². The molecule has 0 unspecified atom stereocenters. The zero-order chi connectivity index (χ0) is 18.4. The summed E-state index contributed by atoms with van der Waals surface area (Å²) in [6, 6.07) is 6.35. The molecule has 1 aromatic rings. The van der Waals surface area contributed by atoms with Crippen molar-refractivity contribution in [3.63, 3.8) is 0 Å². The Kier molecular flexibility index (Phi) is 6.94. The van der Waals surface area contributed by atoms with Gasteiger partial charge in [-0.3, -0.25) is 9.59 Å². The van der Waals surface area contributed by atoms with E-state index >= 15 is 0 Å². The first-order valence-corrected chi connectivity index (χ1v) is 10.6. The summed E-state index contributed by atoms with van der Waals surface area (Å²) in [7, 11) is 0. The summed E-state index contributed by atoms with van der Waals surface area (Å²) in [5.74, 6) is 0.988. The summed E-state index contributed by atoms with van der Waals surface area (Å²) in [5.41, 5.74) is 0. The molecule has 0 N–H and O–H groups in total. The van der Waals surface area contributed by atoms with E-state index in [4.69, 9.17) is 0 Å². The minimum atomic E-state index is -0.243. The number of rotatable bonds is 5. The molecule has 142 valence electrons. The van der Waals surface area contributed by atoms with E-state index in [2.05, 4.69) is 0 Å². The minimum Gasteiger partial charge on any atom is -0.343 e. The number of thioether (sulfide) groups is 1. The Labute approximate surface area is 159 Å². The van der Waals surface area contributed by atoms with Gasteiger partial charge in [0.15, 0.2) is 0 Å². The lowest BCUT2D eigenvalue weighted by Gasteiger charge is -2.35. The van der Waals surface area contributed by atoms with Crippen LogP contribution in [0.4, 0.5) is 4.39 Å². The van der Waals surface area contributed by atoms with Crippen LogP contribution in [0.1, 0.15) is 38.5 Å². The van der Waals surface area contributed by atoms with Crippen LogP contribution in [0.2, 0.25) is 0 Å². The van der Waals surface area contributed by atoms with Crippen molar-refractivity contribution in [3.8, 4) is 0 Å². The van der Waals surface area contributed by atoms with E-state index in [-0.39, 0.29) is 17.6 Å². The third kappa shape index (κ3) is 5.22. The van der Waals surface area contributed by atoms with Gasteiger partial charge in [-0.2, -0.15) is 0 Å². The number of hydrogen-bond acceptors (Lipinski definition) is 3. The molecule has 2 fully saturated rings. The van der Waals surface area contributed by atoms with Gasteiger partial charge in [-0.05, 0) is 56.4 Å². The van der Waals surface area contributed by atoms with E-state index in [9.17, 15) is 14.0 Å². The Bertz CT molecular complexity index is 609. The Morgan fingerprint density at radius 3 is 2.27 bits per heavy atom. The zero-order valence-corrected chi connectivity index (χ0v) is 16.0. The molecule has 0 aliphatic carbocycles. The third-order valence-electron chi connectivity index (χ3n) is 5.26. The Morgan fingerprint density at radius 1 is 0.962 bits per heavy atom. The number of piperidine rings is 2. The number of benzene rings is 1. The van der Waals surface area contributed by atoms with Crippen LogP contribution in [-0.4, -0.2) is 53.5 Å². The van der Waals surface area contributed by atoms with Gasteiger partial charge in [-0.1, -0.05) is 0 Å². The molecule has 0 aromatic heterocycles. The van der Waals surface area contributed by atoms with Gasteiger partial charge in [0.05, 0.1) is 0 Å². The highest BCUT2D eigenvalue weighted by molar-refractivity contribution is 7.99. The van der Waals surface area contributed by atoms with Gasteiger partial charge >= 0.3 is 0 Å². The van der Waals surface area contributed by atoms with Crippen molar-refractivity contribution in [1.82, 2.24) is 9.80 Å². The molecule has 26 heavy (non-hydrogen) atoms. The molecule has 2 amide bonds. The monoisotopic (exact) mass is 378 g/mol. The molecule has 2 heterocycles. The van der Waals surface area contributed by atoms with Crippen LogP contribution in [0.5, 0.6) is 0 Å². The lowest BCUT2D eigenvalue weighted by molar-refractivity contribution is -0.141. The Balaban J connectivity index is 1.37. The molecule has 4 nitrogen and oxygen atoms in total. The fourth-order valence-corrected chi connectivity index (χ4v) is 4.53. The lowest BCUT2D eigenvalue weighted by atomic mass is 9.94. The summed E-state index contributed by atoms with van der Waals surface area (Å²) < 4.78 is 12.9. The van der Waals surface area contributed by atoms with Crippen molar-refractivity contribution < 1.29 is 14.0 Å². The van der Waals surface area contributed by atoms with Gasteiger partial charge in [0.1, 0.15) is 5.82 Å². The summed E-state index contributed by atoms with van der Waals surface area (Å²) in [4.78, 5) is 29.8. The van der Waals surface area contributed by atoms with E-state index in [1.54, 1.807) is 23.9 Å². The van der Waals surface area contributed by atoms with Gasteiger partial charge < -0.3 is 9.80 Å². The van der Waals surface area contributed by atoms with Crippen molar-refractivity contribution in [2.45, 2.75) is 43.4 Å². The molecule has 6 heteroatoms. The predicted molar refractivity (Wildman–Crippen MR) is 101 cm³/mol. The summed E-state index contributed by atoms with van der Waals surface area (Å²) >= 11 is 1.57. The molecular formula is C20H27FN2O2S. The average molecular weight is 379 g/mol. The van der Waals surface area contributed by atoms with Crippen LogP contribution in [0.15, 0.2) is 29.2 Å². The second kappa shape index (κ2) is 9.40. The quantitative estimate of drug-likeness (QED) is 0.736. The SMILES string of the molecule is O=C(CCSc1ccc(F)cc1)N1CCC(C(=O)N2CCCCC2)CC1. The maximum Gasteiger partial charge on any atom is 0.225 e. The molecule has 0 saturated carbocycles. The van der Waals surface area contributed by atoms with E-state index < -0.39 is 0 Å². The molecule has 0 radical (unpaired) electrons. The van der Waals surface area contributed by atoms with E-state index in [0.29, 0.717) is 31.2 Å². The summed E-state index contributed by atoms with van der Waals surface area (Å²) in [5, 5.41) is 0. The van der Waals surface area contributed by atoms with Gasteiger partial charge in [-0.15, -0.1) is 11.8 Å². The van der Waals surface area contributed by atoms with Crippen LogP contribution < -0.4 is 0 Å². The number of halogens is 1. The van der Waals surface area contributed by atoms with Crippen molar-refractivity contribution in [3.05, 3.63) is 30.1 Å². The molecule has 0 atom stereocenters. The first-order chi connectivity index (χ1) is 12.6. The van der Waals surface area contributed by atoms with Crippen LogP contribution in [0.3, 0.4) is 0 Å². The molecule has 1 aromatic carbocycles.